The Morgan fingerprint density at radius 3 is 2.28 bits per heavy atom. The number of benzene rings is 2. The third kappa shape index (κ3) is 6.50. The summed E-state index contributed by atoms with van der Waals surface area (Å²) in [4.78, 5) is 15.3. The lowest BCUT2D eigenvalue weighted by Crippen LogP contribution is -2.40. The number of nitrogens with zero attached hydrogens (tertiary/aromatic N) is 1. The molecule has 0 radical (unpaired) electrons. The van der Waals surface area contributed by atoms with Crippen LogP contribution in [-0.2, 0) is 16.6 Å². The fourth-order valence-corrected chi connectivity index (χ4v) is 3.73. The van der Waals surface area contributed by atoms with E-state index in [1.165, 1.54) is 11.6 Å². The zero-order valence-corrected chi connectivity index (χ0v) is 19.5. The second kappa shape index (κ2) is 8.79. The molecule has 0 aliphatic rings. The highest BCUT2D eigenvalue weighted by Gasteiger charge is 2.28. The summed E-state index contributed by atoms with van der Waals surface area (Å²) in [6.07, 6.45) is 0.347. The number of carbonyl (C=O) groups excluding carboxylic acids is 1. The maximum Gasteiger partial charge on any atom is 0.227 e. The molecule has 1 atom stereocenters. The van der Waals surface area contributed by atoms with Crippen LogP contribution in [0.5, 0.6) is 5.75 Å². The van der Waals surface area contributed by atoms with E-state index in [0.29, 0.717) is 18.0 Å². The third-order valence-electron chi connectivity index (χ3n) is 5.02. The largest absolute Gasteiger partial charge is 0.508 e. The molecule has 0 spiro atoms. The number of carbonyl (C=O) groups is 1. The first kappa shape index (κ1) is 23.3. The molecule has 2 aromatic rings. The molecule has 2 aromatic carbocycles. The van der Waals surface area contributed by atoms with Crippen LogP contribution in [0.25, 0.3) is 0 Å². The van der Waals surface area contributed by atoms with Crippen LogP contribution in [0.1, 0.15) is 71.2 Å². The monoisotopic (exact) mass is 415 g/mol. The van der Waals surface area contributed by atoms with Crippen LogP contribution in [0, 0.1) is 5.41 Å². The van der Waals surface area contributed by atoms with Gasteiger partial charge in [-0.2, -0.15) is 0 Å². The van der Waals surface area contributed by atoms with E-state index in [0.717, 1.165) is 11.1 Å². The molecular formula is C25H34ClNO2. The molecule has 0 saturated carbocycles. The topological polar surface area (TPSA) is 40.5 Å². The number of halogens is 1. The summed E-state index contributed by atoms with van der Waals surface area (Å²) in [6, 6.07) is 13.0. The number of phenolic OH excluding ortho intramolecular Hbond substituents is 1. The molecule has 0 saturated heterocycles. The minimum Gasteiger partial charge on any atom is -0.508 e. The van der Waals surface area contributed by atoms with Gasteiger partial charge in [0.2, 0.25) is 5.91 Å². The van der Waals surface area contributed by atoms with Gasteiger partial charge in [-0.1, -0.05) is 83.5 Å². The fourth-order valence-electron chi connectivity index (χ4n) is 3.40. The Labute approximate surface area is 180 Å². The van der Waals surface area contributed by atoms with Gasteiger partial charge in [0.1, 0.15) is 5.75 Å². The van der Waals surface area contributed by atoms with Crippen molar-refractivity contribution in [3.05, 3.63) is 64.2 Å². The van der Waals surface area contributed by atoms with Gasteiger partial charge in [-0.25, -0.2) is 0 Å². The summed E-state index contributed by atoms with van der Waals surface area (Å²) in [5.41, 5.74) is 3.06. The van der Waals surface area contributed by atoms with Crippen LogP contribution in [-0.4, -0.2) is 22.5 Å². The van der Waals surface area contributed by atoms with Crippen molar-refractivity contribution in [1.82, 2.24) is 4.90 Å². The Kier molecular flexibility index (Phi) is 7.06. The van der Waals surface area contributed by atoms with Crippen molar-refractivity contribution < 1.29 is 9.90 Å². The van der Waals surface area contributed by atoms with Gasteiger partial charge in [-0.05, 0) is 46.6 Å². The Morgan fingerprint density at radius 2 is 1.72 bits per heavy atom. The van der Waals surface area contributed by atoms with E-state index in [4.69, 9.17) is 11.6 Å². The molecule has 1 N–H and O–H groups in total. The smallest absolute Gasteiger partial charge is 0.227 e. The fraction of sp³-hybridized carbons (Fsp3) is 0.480. The van der Waals surface area contributed by atoms with Crippen molar-refractivity contribution in [2.75, 3.05) is 6.54 Å². The summed E-state index contributed by atoms with van der Waals surface area (Å²) >= 11 is 6.38. The van der Waals surface area contributed by atoms with Gasteiger partial charge in [-0.3, -0.25) is 4.79 Å². The molecule has 0 heterocycles. The Hall–Kier alpha value is -2.00. The zero-order valence-electron chi connectivity index (χ0n) is 18.7. The van der Waals surface area contributed by atoms with Crippen LogP contribution in [0.2, 0.25) is 5.02 Å². The average molecular weight is 416 g/mol. The third-order valence-corrected chi connectivity index (χ3v) is 5.34. The van der Waals surface area contributed by atoms with Gasteiger partial charge in [0.05, 0.1) is 12.5 Å². The minimum atomic E-state index is -0.194. The van der Waals surface area contributed by atoms with Crippen molar-refractivity contribution in [2.24, 2.45) is 5.41 Å². The molecule has 1 unspecified atom stereocenters. The van der Waals surface area contributed by atoms with Gasteiger partial charge < -0.3 is 10.0 Å². The van der Waals surface area contributed by atoms with Crippen molar-refractivity contribution in [3.63, 3.8) is 0 Å². The Balaban J connectivity index is 2.33. The second-order valence-corrected chi connectivity index (χ2v) is 10.5. The van der Waals surface area contributed by atoms with Crippen LogP contribution in [0.15, 0.2) is 42.5 Å². The average Bonchev–Trinajstić information content (AvgIpc) is 2.58. The van der Waals surface area contributed by atoms with Crippen LogP contribution in [0.4, 0.5) is 0 Å². The highest BCUT2D eigenvalue weighted by atomic mass is 35.5. The van der Waals surface area contributed by atoms with Gasteiger partial charge in [0, 0.05) is 11.6 Å². The molecule has 158 valence electrons. The van der Waals surface area contributed by atoms with E-state index in [1.54, 1.807) is 12.1 Å². The highest BCUT2D eigenvalue weighted by Crippen LogP contribution is 2.33. The number of hydrogen-bond acceptors (Lipinski definition) is 2. The Bertz CT molecular complexity index is 862. The highest BCUT2D eigenvalue weighted by molar-refractivity contribution is 6.31. The van der Waals surface area contributed by atoms with Gasteiger partial charge >= 0.3 is 0 Å². The molecule has 3 nitrogen and oxygen atoms in total. The summed E-state index contributed by atoms with van der Waals surface area (Å²) in [5, 5.41) is 10.1. The summed E-state index contributed by atoms with van der Waals surface area (Å²) in [7, 11) is 0. The second-order valence-electron chi connectivity index (χ2n) is 10.1. The first-order valence-corrected chi connectivity index (χ1v) is 10.5. The number of hydrogen-bond donors (Lipinski definition) is 1. The van der Waals surface area contributed by atoms with Gasteiger partial charge in [0.25, 0.3) is 0 Å². The maximum atomic E-state index is 13.4. The van der Waals surface area contributed by atoms with E-state index < -0.39 is 0 Å². The minimum absolute atomic E-state index is 0.0387. The molecule has 0 aromatic heterocycles. The number of phenols is 1. The summed E-state index contributed by atoms with van der Waals surface area (Å²) in [6.45, 7) is 15.5. The zero-order chi connectivity index (χ0) is 22.0. The Morgan fingerprint density at radius 1 is 1.07 bits per heavy atom. The standard InChI is InChI=1S/C25H34ClNO2/c1-17(21-12-11-20(28)15-22(21)26)27(16-24(2,3)4)23(29)14-18-9-8-10-19(13-18)25(5,6)7/h8-13,15,17,28H,14,16H2,1-7H3. The van der Waals surface area contributed by atoms with Crippen molar-refractivity contribution in [1.29, 1.82) is 0 Å². The summed E-state index contributed by atoms with van der Waals surface area (Å²) in [5.74, 6) is 0.196. The number of rotatable bonds is 5. The molecule has 0 bridgehead atoms. The normalized spacial score (nSPS) is 13.2. The maximum absolute atomic E-state index is 13.4. The number of aromatic hydroxyl groups is 1. The van der Waals surface area contributed by atoms with Gasteiger partial charge in [0.15, 0.2) is 0 Å². The molecule has 1 amide bonds. The molecule has 2 rings (SSSR count). The lowest BCUT2D eigenvalue weighted by molar-refractivity contribution is -0.134. The van der Waals surface area contributed by atoms with Crippen LogP contribution < -0.4 is 0 Å². The van der Waals surface area contributed by atoms with Crippen LogP contribution >= 0.6 is 11.6 Å². The quantitative estimate of drug-likeness (QED) is 0.603. The first-order valence-electron chi connectivity index (χ1n) is 10.2. The van der Waals surface area contributed by atoms with E-state index in [2.05, 4.69) is 53.7 Å². The van der Waals surface area contributed by atoms with E-state index in [-0.39, 0.29) is 28.5 Å². The lowest BCUT2D eigenvalue weighted by atomic mass is 9.86. The summed E-state index contributed by atoms with van der Waals surface area (Å²) < 4.78 is 0. The molecule has 0 aliphatic heterocycles. The lowest BCUT2D eigenvalue weighted by Gasteiger charge is -2.35. The molecule has 29 heavy (non-hydrogen) atoms. The molecule has 4 heteroatoms. The molecular weight excluding hydrogens is 382 g/mol. The molecule has 0 aliphatic carbocycles. The molecule has 0 fully saturated rings. The predicted molar refractivity (Wildman–Crippen MR) is 122 cm³/mol. The first-order chi connectivity index (χ1) is 13.3. The number of amides is 1. The predicted octanol–water partition coefficient (Wildman–Crippen LogP) is 6.52. The van der Waals surface area contributed by atoms with E-state index >= 15 is 0 Å². The van der Waals surface area contributed by atoms with E-state index in [9.17, 15) is 9.90 Å². The van der Waals surface area contributed by atoms with Crippen LogP contribution in [0.3, 0.4) is 0 Å². The van der Waals surface area contributed by atoms with Crippen molar-refractivity contribution >= 4 is 17.5 Å². The van der Waals surface area contributed by atoms with Crippen molar-refractivity contribution in [3.8, 4) is 5.75 Å². The van der Waals surface area contributed by atoms with Crippen molar-refractivity contribution in [2.45, 2.75) is 66.3 Å². The van der Waals surface area contributed by atoms with E-state index in [1.807, 2.05) is 24.0 Å². The van der Waals surface area contributed by atoms with Gasteiger partial charge in [-0.15, -0.1) is 0 Å². The SMILES string of the molecule is CC(c1ccc(O)cc1Cl)N(CC(C)(C)C)C(=O)Cc1cccc(C(C)(C)C)c1.